The van der Waals surface area contributed by atoms with Crippen LogP contribution in [0.5, 0.6) is 0 Å². The number of unbranched alkanes of at least 4 members (excludes halogenated alkanes) is 2. The SMILES string of the molecule is CCCCCOC(=O)c1ccc(C2OCC(c3ccc(C(C)CCC)cc3C3CCCCC3)CO2)cc1. The van der Waals surface area contributed by atoms with Gasteiger partial charge in [-0.1, -0.05) is 89.6 Å². The molecule has 0 N–H and O–H groups in total. The van der Waals surface area contributed by atoms with Crippen molar-refractivity contribution < 1.29 is 19.0 Å². The summed E-state index contributed by atoms with van der Waals surface area (Å²) in [6.45, 7) is 8.54. The minimum absolute atomic E-state index is 0.251. The Hall–Kier alpha value is -2.17. The fourth-order valence-corrected chi connectivity index (χ4v) is 5.89. The average molecular weight is 507 g/mol. The van der Waals surface area contributed by atoms with Crippen molar-refractivity contribution >= 4 is 5.97 Å². The highest BCUT2D eigenvalue weighted by molar-refractivity contribution is 5.89. The highest BCUT2D eigenvalue weighted by Crippen LogP contribution is 2.40. The second kappa shape index (κ2) is 14.1. The molecule has 0 amide bonds. The Labute approximate surface area is 224 Å². The third-order valence-corrected chi connectivity index (χ3v) is 8.18. The lowest BCUT2D eigenvalue weighted by atomic mass is 9.78. The van der Waals surface area contributed by atoms with E-state index < -0.39 is 6.29 Å². The van der Waals surface area contributed by atoms with Gasteiger partial charge in [-0.15, -0.1) is 0 Å². The zero-order chi connectivity index (χ0) is 26.0. The lowest BCUT2D eigenvalue weighted by Gasteiger charge is -2.33. The molecule has 1 atom stereocenters. The van der Waals surface area contributed by atoms with Gasteiger partial charge in [0.1, 0.15) is 0 Å². The molecule has 2 aliphatic rings. The molecule has 2 fully saturated rings. The molecule has 0 aromatic heterocycles. The maximum absolute atomic E-state index is 12.3. The maximum atomic E-state index is 12.3. The van der Waals surface area contributed by atoms with E-state index >= 15 is 0 Å². The minimum atomic E-state index is -0.396. The van der Waals surface area contributed by atoms with Crippen LogP contribution >= 0.6 is 0 Å². The van der Waals surface area contributed by atoms with E-state index in [2.05, 4.69) is 39.0 Å². The number of hydrogen-bond donors (Lipinski definition) is 0. The van der Waals surface area contributed by atoms with Gasteiger partial charge in [-0.05, 0) is 66.3 Å². The van der Waals surface area contributed by atoms with Crippen molar-refractivity contribution in [1.29, 1.82) is 0 Å². The third-order valence-electron chi connectivity index (χ3n) is 8.18. The fourth-order valence-electron chi connectivity index (χ4n) is 5.89. The van der Waals surface area contributed by atoms with Gasteiger partial charge in [0.05, 0.1) is 25.4 Å². The monoisotopic (exact) mass is 506 g/mol. The van der Waals surface area contributed by atoms with Crippen LogP contribution in [0.25, 0.3) is 0 Å². The summed E-state index contributed by atoms with van der Waals surface area (Å²) in [6, 6.07) is 14.7. The van der Waals surface area contributed by atoms with Gasteiger partial charge in [-0.25, -0.2) is 4.79 Å². The highest BCUT2D eigenvalue weighted by Gasteiger charge is 2.29. The molecule has 1 unspecified atom stereocenters. The molecule has 1 aliphatic heterocycles. The van der Waals surface area contributed by atoms with E-state index in [4.69, 9.17) is 14.2 Å². The Morgan fingerprint density at radius 2 is 1.62 bits per heavy atom. The predicted octanol–water partition coefficient (Wildman–Crippen LogP) is 8.81. The molecule has 4 nitrogen and oxygen atoms in total. The molecule has 2 aromatic carbocycles. The molecule has 37 heavy (non-hydrogen) atoms. The van der Waals surface area contributed by atoms with E-state index in [1.807, 2.05) is 24.3 Å². The first-order valence-corrected chi connectivity index (χ1v) is 14.7. The van der Waals surface area contributed by atoms with Crippen molar-refractivity contribution in [2.45, 2.75) is 109 Å². The summed E-state index contributed by atoms with van der Waals surface area (Å²) >= 11 is 0. The lowest BCUT2D eigenvalue weighted by molar-refractivity contribution is -0.191. The van der Waals surface area contributed by atoms with Crippen LogP contribution in [-0.2, 0) is 14.2 Å². The topological polar surface area (TPSA) is 44.8 Å². The van der Waals surface area contributed by atoms with Gasteiger partial charge in [0, 0.05) is 11.5 Å². The fraction of sp³-hybridized carbons (Fsp3) is 0.606. The van der Waals surface area contributed by atoms with Crippen molar-refractivity contribution in [2.75, 3.05) is 19.8 Å². The van der Waals surface area contributed by atoms with E-state index in [0.717, 1.165) is 24.8 Å². The normalized spacial score (nSPS) is 21.5. The molecule has 1 aliphatic carbocycles. The van der Waals surface area contributed by atoms with Crippen LogP contribution in [-0.4, -0.2) is 25.8 Å². The van der Waals surface area contributed by atoms with Crippen molar-refractivity contribution in [3.8, 4) is 0 Å². The van der Waals surface area contributed by atoms with Crippen LogP contribution in [0.1, 0.15) is 142 Å². The number of carbonyl (C=O) groups excluding carboxylic acids is 1. The van der Waals surface area contributed by atoms with Gasteiger partial charge in [-0.2, -0.15) is 0 Å². The van der Waals surface area contributed by atoms with Gasteiger partial charge in [0.25, 0.3) is 0 Å². The van der Waals surface area contributed by atoms with Crippen LogP contribution < -0.4 is 0 Å². The number of ether oxygens (including phenoxy) is 3. The van der Waals surface area contributed by atoms with Crippen molar-refractivity contribution in [3.63, 3.8) is 0 Å². The molecule has 0 spiro atoms. The van der Waals surface area contributed by atoms with Crippen LogP contribution in [0, 0.1) is 0 Å². The number of carbonyl (C=O) groups is 1. The van der Waals surface area contributed by atoms with Gasteiger partial charge >= 0.3 is 5.97 Å². The third kappa shape index (κ3) is 7.45. The second-order valence-corrected chi connectivity index (χ2v) is 11.1. The summed E-state index contributed by atoms with van der Waals surface area (Å²) < 4.78 is 17.9. The van der Waals surface area contributed by atoms with Gasteiger partial charge < -0.3 is 14.2 Å². The number of hydrogen-bond acceptors (Lipinski definition) is 4. The zero-order valence-corrected chi connectivity index (χ0v) is 23.2. The largest absolute Gasteiger partial charge is 0.462 e. The number of benzene rings is 2. The highest BCUT2D eigenvalue weighted by atomic mass is 16.7. The molecule has 202 valence electrons. The van der Waals surface area contributed by atoms with Gasteiger partial charge in [0.15, 0.2) is 6.29 Å². The zero-order valence-electron chi connectivity index (χ0n) is 23.2. The summed E-state index contributed by atoms with van der Waals surface area (Å²) in [5.74, 6) is 1.24. The van der Waals surface area contributed by atoms with E-state index in [-0.39, 0.29) is 11.9 Å². The maximum Gasteiger partial charge on any atom is 0.338 e. The van der Waals surface area contributed by atoms with E-state index in [1.54, 1.807) is 0 Å². The van der Waals surface area contributed by atoms with Crippen LogP contribution in [0.15, 0.2) is 42.5 Å². The predicted molar refractivity (Wildman–Crippen MR) is 149 cm³/mol. The van der Waals surface area contributed by atoms with E-state index in [0.29, 0.717) is 37.2 Å². The molecule has 1 saturated heterocycles. The van der Waals surface area contributed by atoms with Crippen molar-refractivity contribution in [2.24, 2.45) is 0 Å². The summed E-state index contributed by atoms with van der Waals surface area (Å²) in [4.78, 5) is 12.3. The molecule has 1 heterocycles. The first kappa shape index (κ1) is 27.9. The number of esters is 1. The van der Waals surface area contributed by atoms with E-state index in [9.17, 15) is 4.79 Å². The quantitative estimate of drug-likeness (QED) is 0.226. The van der Waals surface area contributed by atoms with Crippen molar-refractivity contribution in [3.05, 3.63) is 70.3 Å². The van der Waals surface area contributed by atoms with Gasteiger partial charge in [0.2, 0.25) is 0 Å². The molecule has 4 heteroatoms. The molecule has 1 saturated carbocycles. The van der Waals surface area contributed by atoms with Crippen LogP contribution in [0.2, 0.25) is 0 Å². The Kier molecular flexibility index (Phi) is 10.6. The van der Waals surface area contributed by atoms with Crippen LogP contribution in [0.4, 0.5) is 0 Å². The van der Waals surface area contributed by atoms with E-state index in [1.165, 1.54) is 61.6 Å². The van der Waals surface area contributed by atoms with Crippen LogP contribution in [0.3, 0.4) is 0 Å². The molecular formula is C33H46O4. The minimum Gasteiger partial charge on any atom is -0.462 e. The molecule has 0 radical (unpaired) electrons. The summed E-state index contributed by atoms with van der Waals surface area (Å²) in [5.41, 5.74) is 5.95. The standard InChI is InChI=1S/C33H46O4/c1-4-6-10-20-35-32(34)26-14-16-27(17-15-26)33-36-22-29(23-37-33)30-19-18-28(24(3)11-5-2)21-31(30)25-12-8-7-9-13-25/h14-19,21,24-25,29,33H,4-13,20,22-23H2,1-3H3. The lowest BCUT2D eigenvalue weighted by Crippen LogP contribution is -2.27. The Bertz CT molecular complexity index is 968. The summed E-state index contributed by atoms with van der Waals surface area (Å²) in [5, 5.41) is 0. The summed E-state index contributed by atoms with van der Waals surface area (Å²) in [7, 11) is 0. The average Bonchev–Trinajstić information content (AvgIpc) is 2.96. The smallest absolute Gasteiger partial charge is 0.338 e. The molecule has 2 aromatic rings. The Balaban J connectivity index is 1.40. The first-order chi connectivity index (χ1) is 18.1. The first-order valence-electron chi connectivity index (χ1n) is 14.7. The van der Waals surface area contributed by atoms with Gasteiger partial charge in [-0.3, -0.25) is 0 Å². The Morgan fingerprint density at radius 1 is 0.892 bits per heavy atom. The molecule has 4 rings (SSSR count). The second-order valence-electron chi connectivity index (χ2n) is 11.1. The Morgan fingerprint density at radius 3 is 2.30 bits per heavy atom. The molecule has 0 bridgehead atoms. The van der Waals surface area contributed by atoms with Crippen molar-refractivity contribution in [1.82, 2.24) is 0 Å². The number of rotatable bonds is 11. The molecular weight excluding hydrogens is 460 g/mol. The summed E-state index contributed by atoms with van der Waals surface area (Å²) in [6.07, 6.45) is 11.8.